The maximum absolute atomic E-state index is 9.42. The van der Waals surface area contributed by atoms with Crippen molar-refractivity contribution >= 4 is 65.2 Å². The molecule has 0 aliphatic carbocycles. The predicted octanol–water partition coefficient (Wildman–Crippen LogP) is 11.1. The van der Waals surface area contributed by atoms with E-state index in [9.17, 15) is 8.22 Å². The van der Waals surface area contributed by atoms with Gasteiger partial charge in [0.15, 0.2) is 11.2 Å². The standard InChI is InChI=1S/C38H22O2/c1-2-10-24-21-25(18-17-23(24)9-1)34-27-11-3-5-13-29(27)35(30-14-6-4-12-28(30)34)32-22-26-19-20-39-37(26)38-36(32)31-15-7-8-16-33(31)40-38/h1-22H/i1D,2D,3D,4D,5D,6D,9D,10D,11D,12D,13D,14D,17D,18D,21D. The molecule has 40 heavy (non-hydrogen) atoms. The van der Waals surface area contributed by atoms with E-state index in [1.54, 1.807) is 36.4 Å². The van der Waals surface area contributed by atoms with Gasteiger partial charge in [-0.05, 0) is 78.8 Å². The monoisotopic (exact) mass is 525 g/mol. The summed E-state index contributed by atoms with van der Waals surface area (Å²) in [6.45, 7) is 0. The Morgan fingerprint density at radius 2 is 1.23 bits per heavy atom. The molecule has 2 nitrogen and oxygen atoms in total. The van der Waals surface area contributed by atoms with Crippen LogP contribution in [0, 0.1) is 0 Å². The summed E-state index contributed by atoms with van der Waals surface area (Å²) in [5.74, 6) is 0. The molecule has 0 N–H and O–H groups in total. The average Bonchev–Trinajstić information content (AvgIpc) is 3.81. The first-order valence-corrected chi connectivity index (χ1v) is 12.4. The minimum absolute atomic E-state index is 0.0146. The van der Waals surface area contributed by atoms with E-state index in [2.05, 4.69) is 0 Å². The van der Waals surface area contributed by atoms with E-state index < -0.39 is 107 Å². The number of hydrogen-bond donors (Lipinski definition) is 0. The van der Waals surface area contributed by atoms with Gasteiger partial charge in [0.2, 0.25) is 0 Å². The van der Waals surface area contributed by atoms with Crippen LogP contribution in [-0.4, -0.2) is 0 Å². The molecule has 0 atom stereocenters. The quantitative estimate of drug-likeness (QED) is 0.210. The van der Waals surface area contributed by atoms with Crippen molar-refractivity contribution in [2.45, 2.75) is 0 Å². The largest absolute Gasteiger partial charge is 0.460 e. The van der Waals surface area contributed by atoms with Crippen molar-refractivity contribution in [2.75, 3.05) is 0 Å². The highest BCUT2D eigenvalue weighted by Gasteiger charge is 2.22. The number of para-hydroxylation sites is 1. The molecular weight excluding hydrogens is 488 g/mol. The van der Waals surface area contributed by atoms with E-state index in [0.29, 0.717) is 27.3 Å². The van der Waals surface area contributed by atoms with Crippen LogP contribution < -0.4 is 0 Å². The highest BCUT2D eigenvalue weighted by molar-refractivity contribution is 6.28. The van der Waals surface area contributed by atoms with Gasteiger partial charge < -0.3 is 8.83 Å². The van der Waals surface area contributed by atoms with E-state index in [0.717, 1.165) is 0 Å². The highest BCUT2D eigenvalue weighted by atomic mass is 16.4. The van der Waals surface area contributed by atoms with Gasteiger partial charge in [0.1, 0.15) is 5.58 Å². The number of benzene rings is 7. The third kappa shape index (κ3) is 2.93. The molecule has 2 heteroatoms. The number of furan rings is 2. The molecule has 0 saturated carbocycles. The Kier molecular flexibility index (Phi) is 2.39. The Morgan fingerprint density at radius 1 is 0.550 bits per heavy atom. The molecule has 0 fully saturated rings. The molecule has 2 aromatic heterocycles. The van der Waals surface area contributed by atoms with Crippen LogP contribution in [0.15, 0.2) is 142 Å². The third-order valence-electron chi connectivity index (χ3n) is 7.21. The van der Waals surface area contributed by atoms with Crippen molar-refractivity contribution in [2.24, 2.45) is 0 Å². The second-order valence-electron chi connectivity index (χ2n) is 9.32. The minimum atomic E-state index is -0.749. The number of fused-ring (bicyclic) bond motifs is 8. The first-order chi connectivity index (χ1) is 26.1. The molecule has 0 aliphatic heterocycles. The van der Waals surface area contributed by atoms with Crippen LogP contribution in [0.25, 0.3) is 87.5 Å². The van der Waals surface area contributed by atoms with Gasteiger partial charge >= 0.3 is 0 Å². The molecule has 0 aliphatic rings. The van der Waals surface area contributed by atoms with Gasteiger partial charge in [-0.1, -0.05) is 103 Å². The molecule has 9 rings (SSSR count). The second-order valence-corrected chi connectivity index (χ2v) is 9.32. The van der Waals surface area contributed by atoms with E-state index in [4.69, 9.17) is 21.2 Å². The van der Waals surface area contributed by atoms with Crippen LogP contribution in [0.3, 0.4) is 0 Å². The van der Waals surface area contributed by atoms with Crippen molar-refractivity contribution in [3.05, 3.63) is 133 Å². The first kappa shape index (κ1) is 11.8. The van der Waals surface area contributed by atoms with Gasteiger partial charge in [-0.15, -0.1) is 0 Å². The molecule has 9 aromatic rings. The predicted molar refractivity (Wildman–Crippen MR) is 167 cm³/mol. The van der Waals surface area contributed by atoms with E-state index in [-0.39, 0.29) is 43.8 Å². The minimum Gasteiger partial charge on any atom is -0.460 e. The van der Waals surface area contributed by atoms with Crippen molar-refractivity contribution < 1.29 is 29.4 Å². The third-order valence-corrected chi connectivity index (χ3v) is 7.21. The zero-order valence-corrected chi connectivity index (χ0v) is 20.4. The second kappa shape index (κ2) is 8.08. The summed E-state index contributed by atoms with van der Waals surface area (Å²) in [5.41, 5.74) is 0.445. The Labute approximate surface area is 250 Å². The summed E-state index contributed by atoms with van der Waals surface area (Å²) < 4.78 is 146. The van der Waals surface area contributed by atoms with Crippen molar-refractivity contribution in [3.8, 4) is 22.3 Å². The summed E-state index contributed by atoms with van der Waals surface area (Å²) in [6, 6.07) is 0.148. The van der Waals surface area contributed by atoms with E-state index in [1.165, 1.54) is 6.26 Å². The molecule has 0 spiro atoms. The Balaban J connectivity index is 1.66. The molecule has 0 saturated heterocycles. The van der Waals surface area contributed by atoms with Crippen molar-refractivity contribution in [3.63, 3.8) is 0 Å². The fourth-order valence-corrected chi connectivity index (χ4v) is 5.57. The Bertz CT molecular complexity index is 3190. The lowest BCUT2D eigenvalue weighted by Crippen LogP contribution is -1.91. The summed E-state index contributed by atoms with van der Waals surface area (Å²) in [6.07, 6.45) is 1.44. The summed E-state index contributed by atoms with van der Waals surface area (Å²) >= 11 is 0. The summed E-state index contributed by atoms with van der Waals surface area (Å²) in [5, 5.41) is -0.429. The SMILES string of the molecule is [2H]c1c([2H])c([2H])c2c([2H])c(-c3c4c([2H])c([2H])c([2H])c([2H])c4c(-c4cc5ccoc5c5oc6ccccc6c45)c4c([2H])c([2H])c([2H])c([2H])c34)c([2H])c([2H])c2c1[2H]. The van der Waals surface area contributed by atoms with Crippen LogP contribution in [0.2, 0.25) is 0 Å². The van der Waals surface area contributed by atoms with Gasteiger partial charge in [-0.25, -0.2) is 0 Å². The van der Waals surface area contributed by atoms with E-state index in [1.807, 2.05) is 0 Å². The Hall–Kier alpha value is -5.34. The zero-order valence-electron chi connectivity index (χ0n) is 35.4. The molecule has 0 radical (unpaired) electrons. The normalized spacial score (nSPS) is 17.2. The number of rotatable bonds is 2. The fourth-order valence-electron chi connectivity index (χ4n) is 5.57. The molecule has 2 heterocycles. The molecule has 0 amide bonds. The van der Waals surface area contributed by atoms with Gasteiger partial charge in [0.05, 0.1) is 26.8 Å². The van der Waals surface area contributed by atoms with Crippen LogP contribution in [0.5, 0.6) is 0 Å². The van der Waals surface area contributed by atoms with Gasteiger partial charge in [0.25, 0.3) is 0 Å². The maximum atomic E-state index is 9.42. The summed E-state index contributed by atoms with van der Waals surface area (Å²) in [7, 11) is 0. The fraction of sp³-hybridized carbons (Fsp3) is 0. The lowest BCUT2D eigenvalue weighted by Gasteiger charge is -2.18. The lowest BCUT2D eigenvalue weighted by molar-refractivity contribution is 0.600. The van der Waals surface area contributed by atoms with Crippen LogP contribution >= 0.6 is 0 Å². The summed E-state index contributed by atoms with van der Waals surface area (Å²) in [4.78, 5) is 0. The molecular formula is C38H22O2. The highest BCUT2D eigenvalue weighted by Crippen LogP contribution is 2.48. The van der Waals surface area contributed by atoms with Gasteiger partial charge in [0, 0.05) is 16.2 Å². The van der Waals surface area contributed by atoms with E-state index >= 15 is 0 Å². The molecule has 0 unspecified atom stereocenters. The van der Waals surface area contributed by atoms with Crippen molar-refractivity contribution in [1.82, 2.24) is 0 Å². The number of hydrogen-bond acceptors (Lipinski definition) is 2. The van der Waals surface area contributed by atoms with Crippen LogP contribution in [0.4, 0.5) is 0 Å². The van der Waals surface area contributed by atoms with Crippen molar-refractivity contribution in [1.29, 1.82) is 0 Å². The average molecular weight is 526 g/mol. The first-order valence-electron chi connectivity index (χ1n) is 19.9. The topological polar surface area (TPSA) is 26.3 Å². The Morgan fingerprint density at radius 3 is 2.00 bits per heavy atom. The smallest absolute Gasteiger partial charge is 0.179 e. The molecule has 7 aromatic carbocycles. The maximum Gasteiger partial charge on any atom is 0.179 e. The molecule has 186 valence electrons. The lowest BCUT2D eigenvalue weighted by atomic mass is 9.84. The van der Waals surface area contributed by atoms with Gasteiger partial charge in [-0.3, -0.25) is 0 Å². The van der Waals surface area contributed by atoms with Crippen LogP contribution in [-0.2, 0) is 0 Å². The molecule has 0 bridgehead atoms. The zero-order chi connectivity index (χ0) is 39.3. The van der Waals surface area contributed by atoms with Gasteiger partial charge in [-0.2, -0.15) is 0 Å². The van der Waals surface area contributed by atoms with Crippen LogP contribution in [0.1, 0.15) is 20.6 Å².